The Balaban J connectivity index is 1.24. The van der Waals surface area contributed by atoms with Crippen LogP contribution < -0.4 is 14.4 Å². The number of nitro groups is 1. The van der Waals surface area contributed by atoms with Crippen molar-refractivity contribution in [1.29, 1.82) is 0 Å². The molecule has 2 aromatic carbocycles. The minimum Gasteiger partial charge on any atom is -0.454 e. The third-order valence-corrected chi connectivity index (χ3v) is 6.14. The summed E-state index contributed by atoms with van der Waals surface area (Å²) in [6.07, 6.45) is 0. The van der Waals surface area contributed by atoms with Gasteiger partial charge in [0.2, 0.25) is 6.79 Å². The van der Waals surface area contributed by atoms with E-state index in [0.717, 1.165) is 59.6 Å². The Kier molecular flexibility index (Phi) is 4.25. The van der Waals surface area contributed by atoms with Crippen LogP contribution in [0.3, 0.4) is 0 Å². The molecule has 1 aromatic heterocycles. The van der Waals surface area contributed by atoms with Gasteiger partial charge in [0.1, 0.15) is 0 Å². The summed E-state index contributed by atoms with van der Waals surface area (Å²) >= 11 is 1.52. The van der Waals surface area contributed by atoms with Crippen LogP contribution in [0.1, 0.15) is 5.56 Å². The summed E-state index contributed by atoms with van der Waals surface area (Å²) in [7, 11) is 0. The molecule has 0 saturated carbocycles. The molecule has 5 rings (SSSR count). The molecule has 3 heterocycles. The lowest BCUT2D eigenvalue weighted by molar-refractivity contribution is -0.384. The van der Waals surface area contributed by atoms with Crippen molar-refractivity contribution in [2.24, 2.45) is 0 Å². The Labute approximate surface area is 165 Å². The molecule has 0 spiro atoms. The Hall–Kier alpha value is -2.91. The predicted molar refractivity (Wildman–Crippen MR) is 106 cm³/mol. The van der Waals surface area contributed by atoms with E-state index in [9.17, 15) is 10.1 Å². The molecule has 8 nitrogen and oxygen atoms in total. The van der Waals surface area contributed by atoms with Crippen molar-refractivity contribution in [3.05, 3.63) is 52.1 Å². The van der Waals surface area contributed by atoms with Crippen LogP contribution >= 0.6 is 11.3 Å². The minimum absolute atomic E-state index is 0.108. The summed E-state index contributed by atoms with van der Waals surface area (Å²) in [4.78, 5) is 19.9. The number of fused-ring (bicyclic) bond motifs is 2. The van der Waals surface area contributed by atoms with Gasteiger partial charge < -0.3 is 14.4 Å². The van der Waals surface area contributed by atoms with Crippen molar-refractivity contribution >= 4 is 32.4 Å². The second kappa shape index (κ2) is 6.92. The number of anilines is 1. The monoisotopic (exact) mass is 398 g/mol. The molecule has 0 amide bonds. The molecule has 28 heavy (non-hydrogen) atoms. The van der Waals surface area contributed by atoms with Gasteiger partial charge in [-0.3, -0.25) is 15.0 Å². The molecule has 2 aliphatic heterocycles. The molecule has 9 heteroatoms. The van der Waals surface area contributed by atoms with Crippen LogP contribution in [-0.2, 0) is 6.54 Å². The van der Waals surface area contributed by atoms with Crippen molar-refractivity contribution in [2.75, 3.05) is 37.9 Å². The highest BCUT2D eigenvalue weighted by atomic mass is 32.1. The lowest BCUT2D eigenvalue weighted by Gasteiger charge is -2.34. The number of aromatic nitrogens is 1. The number of hydrogen-bond donors (Lipinski definition) is 0. The average Bonchev–Trinajstić information content (AvgIpc) is 3.34. The molecule has 0 aliphatic carbocycles. The average molecular weight is 398 g/mol. The first-order valence-corrected chi connectivity index (χ1v) is 9.88. The van der Waals surface area contributed by atoms with Crippen LogP contribution in [0.4, 0.5) is 10.8 Å². The van der Waals surface area contributed by atoms with E-state index in [1.807, 2.05) is 6.07 Å². The molecular formula is C19H18N4O4S. The van der Waals surface area contributed by atoms with Gasteiger partial charge >= 0.3 is 0 Å². The largest absolute Gasteiger partial charge is 0.454 e. The maximum atomic E-state index is 11.0. The van der Waals surface area contributed by atoms with Crippen molar-refractivity contribution in [2.45, 2.75) is 6.54 Å². The highest BCUT2D eigenvalue weighted by Gasteiger charge is 2.21. The van der Waals surface area contributed by atoms with E-state index < -0.39 is 0 Å². The molecule has 0 atom stereocenters. The quantitative estimate of drug-likeness (QED) is 0.493. The fourth-order valence-corrected chi connectivity index (χ4v) is 4.60. The number of rotatable bonds is 4. The second-order valence-electron chi connectivity index (χ2n) is 6.86. The molecule has 0 N–H and O–H groups in total. The van der Waals surface area contributed by atoms with Gasteiger partial charge in [0.25, 0.3) is 5.69 Å². The number of thiazole rings is 1. The number of nitro benzene ring substituents is 1. The van der Waals surface area contributed by atoms with E-state index in [0.29, 0.717) is 6.79 Å². The number of piperazine rings is 1. The first kappa shape index (κ1) is 17.2. The molecule has 0 radical (unpaired) electrons. The fraction of sp³-hybridized carbons (Fsp3) is 0.316. The number of nitrogens with zero attached hydrogens (tertiary/aromatic N) is 4. The zero-order chi connectivity index (χ0) is 19.1. The summed E-state index contributed by atoms with van der Waals surface area (Å²) in [5.74, 6) is 1.63. The fourth-order valence-electron chi connectivity index (χ4n) is 3.54. The summed E-state index contributed by atoms with van der Waals surface area (Å²) in [6.45, 7) is 4.80. The van der Waals surface area contributed by atoms with E-state index in [-0.39, 0.29) is 10.6 Å². The normalized spacial score (nSPS) is 16.6. The molecular weight excluding hydrogens is 380 g/mol. The molecule has 2 aliphatic rings. The van der Waals surface area contributed by atoms with Crippen molar-refractivity contribution < 1.29 is 14.4 Å². The van der Waals surface area contributed by atoms with E-state index in [4.69, 9.17) is 9.47 Å². The van der Waals surface area contributed by atoms with Gasteiger partial charge in [0.15, 0.2) is 16.6 Å². The second-order valence-corrected chi connectivity index (χ2v) is 7.87. The Morgan fingerprint density at radius 2 is 1.89 bits per heavy atom. The van der Waals surface area contributed by atoms with Gasteiger partial charge in [-0.25, -0.2) is 4.98 Å². The van der Waals surface area contributed by atoms with Crippen molar-refractivity contribution in [3.8, 4) is 11.5 Å². The van der Waals surface area contributed by atoms with Crippen LogP contribution in [0.2, 0.25) is 0 Å². The molecule has 144 valence electrons. The predicted octanol–water partition coefficient (Wildman–Crippen LogP) is 3.26. The van der Waals surface area contributed by atoms with E-state index >= 15 is 0 Å². The molecule has 1 saturated heterocycles. The highest BCUT2D eigenvalue weighted by Crippen LogP contribution is 2.34. The van der Waals surface area contributed by atoms with Crippen LogP contribution in [0, 0.1) is 10.1 Å². The molecule has 0 bridgehead atoms. The van der Waals surface area contributed by atoms with Crippen molar-refractivity contribution in [1.82, 2.24) is 9.88 Å². The van der Waals surface area contributed by atoms with Gasteiger partial charge in [0, 0.05) is 44.9 Å². The van der Waals surface area contributed by atoms with Gasteiger partial charge in [-0.05, 0) is 23.8 Å². The smallest absolute Gasteiger partial charge is 0.270 e. The third-order valence-electron chi connectivity index (χ3n) is 5.06. The zero-order valence-corrected chi connectivity index (χ0v) is 15.9. The highest BCUT2D eigenvalue weighted by molar-refractivity contribution is 7.22. The summed E-state index contributed by atoms with van der Waals surface area (Å²) < 4.78 is 11.7. The van der Waals surface area contributed by atoms with Crippen LogP contribution in [0.25, 0.3) is 10.2 Å². The van der Waals surface area contributed by atoms with Gasteiger partial charge in [-0.2, -0.15) is 0 Å². The first-order chi connectivity index (χ1) is 13.7. The Morgan fingerprint density at radius 3 is 2.71 bits per heavy atom. The summed E-state index contributed by atoms with van der Waals surface area (Å²) in [5, 5.41) is 11.9. The zero-order valence-electron chi connectivity index (χ0n) is 15.0. The Morgan fingerprint density at radius 1 is 1.07 bits per heavy atom. The number of ether oxygens (including phenoxy) is 2. The number of non-ortho nitro benzene ring substituents is 1. The minimum atomic E-state index is -0.367. The summed E-state index contributed by atoms with van der Waals surface area (Å²) in [6, 6.07) is 10.9. The standard InChI is InChI=1S/C19H18N4O4S/c24-23(25)14-2-3-15-18(10-14)28-19(20-15)22-7-5-21(6-8-22)11-13-1-4-16-17(9-13)27-12-26-16/h1-4,9-10H,5-8,11-12H2. The molecule has 1 fully saturated rings. The van der Waals surface area contributed by atoms with Gasteiger partial charge in [-0.1, -0.05) is 17.4 Å². The lowest BCUT2D eigenvalue weighted by Crippen LogP contribution is -2.45. The van der Waals surface area contributed by atoms with Gasteiger partial charge in [-0.15, -0.1) is 0 Å². The number of benzene rings is 2. The van der Waals surface area contributed by atoms with Crippen LogP contribution in [0.5, 0.6) is 11.5 Å². The van der Waals surface area contributed by atoms with Crippen LogP contribution in [0.15, 0.2) is 36.4 Å². The number of hydrogen-bond acceptors (Lipinski definition) is 8. The van der Waals surface area contributed by atoms with E-state index in [1.165, 1.54) is 23.0 Å². The summed E-state index contributed by atoms with van der Waals surface area (Å²) in [5.41, 5.74) is 2.13. The van der Waals surface area contributed by atoms with Crippen LogP contribution in [-0.4, -0.2) is 47.8 Å². The lowest BCUT2D eigenvalue weighted by atomic mass is 10.1. The molecule has 0 unspecified atom stereocenters. The van der Waals surface area contributed by atoms with E-state index in [1.54, 1.807) is 12.1 Å². The molecule has 3 aromatic rings. The van der Waals surface area contributed by atoms with Crippen molar-refractivity contribution in [3.63, 3.8) is 0 Å². The maximum Gasteiger partial charge on any atom is 0.270 e. The maximum absolute atomic E-state index is 11.0. The Bertz CT molecular complexity index is 1050. The first-order valence-electron chi connectivity index (χ1n) is 9.06. The topological polar surface area (TPSA) is 81.0 Å². The SMILES string of the molecule is O=[N+]([O-])c1ccc2nc(N3CCN(Cc4ccc5c(c4)OCO5)CC3)sc2c1. The third kappa shape index (κ3) is 3.23. The van der Waals surface area contributed by atoms with E-state index in [2.05, 4.69) is 26.9 Å². The van der Waals surface area contributed by atoms with Gasteiger partial charge in [0.05, 0.1) is 15.1 Å².